The predicted octanol–water partition coefficient (Wildman–Crippen LogP) is 2.08. The lowest BCUT2D eigenvalue weighted by Crippen LogP contribution is -2.38. The number of nitrogens with two attached hydrogens (primary N) is 2. The van der Waals surface area contributed by atoms with E-state index in [0.29, 0.717) is 5.41 Å². The molecule has 21 heavy (non-hydrogen) atoms. The van der Waals surface area contributed by atoms with Gasteiger partial charge in [0, 0.05) is 18.8 Å². The minimum Gasteiger partial charge on any atom is -0.398 e. The highest BCUT2D eigenvalue weighted by Gasteiger charge is 2.36. The first-order valence-corrected chi connectivity index (χ1v) is 9.12. The van der Waals surface area contributed by atoms with Crippen LogP contribution in [0.15, 0.2) is 23.1 Å². The molecule has 0 atom stereocenters. The summed E-state index contributed by atoms with van der Waals surface area (Å²) >= 11 is 0. The van der Waals surface area contributed by atoms with E-state index in [-0.39, 0.29) is 10.6 Å². The summed E-state index contributed by atoms with van der Waals surface area (Å²) in [6.45, 7) is 2.04. The lowest BCUT2D eigenvalue weighted by Gasteiger charge is -2.40. The van der Waals surface area contributed by atoms with Crippen molar-refractivity contribution >= 4 is 21.4 Å². The number of anilines is 2. The molecule has 3 rings (SSSR count). The molecule has 116 valence electrons. The van der Waals surface area contributed by atoms with Crippen molar-refractivity contribution in [2.45, 2.75) is 43.4 Å². The summed E-state index contributed by atoms with van der Waals surface area (Å²) in [4.78, 5) is 2.31. The van der Waals surface area contributed by atoms with Crippen LogP contribution in [0.1, 0.15) is 38.5 Å². The second-order valence-corrected chi connectivity index (χ2v) is 7.99. The van der Waals surface area contributed by atoms with Crippen LogP contribution in [0.2, 0.25) is 0 Å². The first kappa shape index (κ1) is 14.7. The van der Waals surface area contributed by atoms with Crippen LogP contribution in [0.4, 0.5) is 11.4 Å². The fraction of sp³-hybridized carbons (Fsp3) is 0.600. The number of piperidine rings is 1. The highest BCUT2D eigenvalue weighted by atomic mass is 32.2. The maximum Gasteiger partial charge on any atom is 0.240 e. The average Bonchev–Trinajstić information content (AvgIpc) is 2.86. The summed E-state index contributed by atoms with van der Waals surface area (Å²) in [5.74, 6) is 0. The van der Waals surface area contributed by atoms with Crippen molar-refractivity contribution in [2.75, 3.05) is 23.7 Å². The van der Waals surface area contributed by atoms with Crippen molar-refractivity contribution in [2.24, 2.45) is 10.6 Å². The lowest BCUT2D eigenvalue weighted by atomic mass is 9.77. The molecule has 1 heterocycles. The predicted molar refractivity (Wildman–Crippen MR) is 84.6 cm³/mol. The minimum atomic E-state index is -3.74. The van der Waals surface area contributed by atoms with Crippen LogP contribution in [0.5, 0.6) is 0 Å². The van der Waals surface area contributed by atoms with Gasteiger partial charge in [-0.1, -0.05) is 12.8 Å². The van der Waals surface area contributed by atoms with Crippen molar-refractivity contribution in [3.63, 3.8) is 0 Å². The molecule has 1 aliphatic heterocycles. The Balaban J connectivity index is 1.75. The monoisotopic (exact) mass is 309 g/mol. The van der Waals surface area contributed by atoms with Crippen LogP contribution < -0.4 is 15.8 Å². The van der Waals surface area contributed by atoms with E-state index in [4.69, 9.17) is 10.9 Å². The molecule has 0 unspecified atom stereocenters. The van der Waals surface area contributed by atoms with E-state index in [2.05, 4.69) is 4.90 Å². The molecule has 2 fully saturated rings. The molecule has 1 aromatic rings. The number of nitrogen functional groups attached to an aromatic ring is 1. The number of hydrogen-bond donors (Lipinski definition) is 2. The lowest BCUT2D eigenvalue weighted by molar-refractivity contribution is 0.226. The van der Waals surface area contributed by atoms with Crippen LogP contribution >= 0.6 is 0 Å². The van der Waals surface area contributed by atoms with Gasteiger partial charge in [0.05, 0.1) is 5.69 Å². The summed E-state index contributed by atoms with van der Waals surface area (Å²) in [6, 6.07) is 5.05. The third-order valence-electron chi connectivity index (χ3n) is 5.15. The number of benzene rings is 1. The molecule has 1 aromatic carbocycles. The summed E-state index contributed by atoms with van der Waals surface area (Å²) < 4.78 is 22.8. The molecule has 2 aliphatic rings. The molecule has 0 bridgehead atoms. The highest BCUT2D eigenvalue weighted by Crippen LogP contribution is 2.46. The molecular formula is C15H23N3O2S. The average molecular weight is 309 g/mol. The quantitative estimate of drug-likeness (QED) is 0.818. The summed E-state index contributed by atoms with van der Waals surface area (Å²) in [5.41, 5.74) is 7.64. The molecule has 1 saturated carbocycles. The van der Waals surface area contributed by atoms with E-state index >= 15 is 0 Å². The first-order valence-electron chi connectivity index (χ1n) is 7.57. The van der Waals surface area contributed by atoms with Gasteiger partial charge in [0.25, 0.3) is 0 Å². The van der Waals surface area contributed by atoms with Gasteiger partial charge in [-0.3, -0.25) is 0 Å². The van der Waals surface area contributed by atoms with E-state index in [1.54, 1.807) is 6.07 Å². The summed E-state index contributed by atoms with van der Waals surface area (Å²) in [5, 5.41) is 5.14. The van der Waals surface area contributed by atoms with E-state index in [1.165, 1.54) is 44.6 Å². The van der Waals surface area contributed by atoms with Crippen LogP contribution in [-0.4, -0.2) is 21.5 Å². The minimum absolute atomic E-state index is 0.00974. The number of nitrogens with zero attached hydrogens (tertiary/aromatic N) is 1. The van der Waals surface area contributed by atoms with Gasteiger partial charge in [-0.2, -0.15) is 0 Å². The Bertz CT molecular complexity index is 626. The molecule has 0 radical (unpaired) electrons. The van der Waals surface area contributed by atoms with E-state index < -0.39 is 10.0 Å². The largest absolute Gasteiger partial charge is 0.398 e. The van der Waals surface area contributed by atoms with Gasteiger partial charge in [0.15, 0.2) is 0 Å². The summed E-state index contributed by atoms with van der Waals surface area (Å²) in [7, 11) is -3.74. The molecule has 0 aromatic heterocycles. The normalized spacial score (nSPS) is 21.9. The Labute approximate surface area is 126 Å². The van der Waals surface area contributed by atoms with E-state index in [1.807, 2.05) is 6.07 Å². The van der Waals surface area contributed by atoms with Crippen molar-refractivity contribution < 1.29 is 8.42 Å². The number of primary sulfonamides is 1. The molecule has 5 nitrogen and oxygen atoms in total. The van der Waals surface area contributed by atoms with Crippen molar-refractivity contribution in [3.8, 4) is 0 Å². The second kappa shape index (κ2) is 5.18. The molecule has 1 aliphatic carbocycles. The van der Waals surface area contributed by atoms with Crippen LogP contribution in [0, 0.1) is 5.41 Å². The van der Waals surface area contributed by atoms with Crippen LogP contribution in [0.3, 0.4) is 0 Å². The van der Waals surface area contributed by atoms with Gasteiger partial charge in [-0.15, -0.1) is 0 Å². The fourth-order valence-electron chi connectivity index (χ4n) is 3.86. The van der Waals surface area contributed by atoms with Gasteiger partial charge >= 0.3 is 0 Å². The number of rotatable bonds is 2. The molecule has 6 heteroatoms. The SMILES string of the molecule is Nc1cc(N2CCC3(CCCC3)CC2)ccc1S(N)(=O)=O. The Morgan fingerprint density at radius 2 is 1.67 bits per heavy atom. The van der Waals surface area contributed by atoms with Gasteiger partial charge in [-0.25, -0.2) is 13.6 Å². The second-order valence-electron chi connectivity index (χ2n) is 6.46. The Morgan fingerprint density at radius 1 is 1.05 bits per heavy atom. The zero-order valence-corrected chi connectivity index (χ0v) is 13.0. The Kier molecular flexibility index (Phi) is 3.61. The fourth-order valence-corrected chi connectivity index (χ4v) is 4.50. The molecule has 4 N–H and O–H groups in total. The van der Waals surface area contributed by atoms with E-state index in [0.717, 1.165) is 18.8 Å². The molecular weight excluding hydrogens is 286 g/mol. The molecule has 0 amide bonds. The van der Waals surface area contributed by atoms with Crippen molar-refractivity contribution in [1.29, 1.82) is 0 Å². The number of hydrogen-bond acceptors (Lipinski definition) is 4. The maximum absolute atomic E-state index is 11.4. The third kappa shape index (κ3) is 2.87. The summed E-state index contributed by atoms with van der Waals surface area (Å²) in [6.07, 6.45) is 7.93. The maximum atomic E-state index is 11.4. The first-order chi connectivity index (χ1) is 9.90. The van der Waals surface area contributed by atoms with Crippen molar-refractivity contribution in [3.05, 3.63) is 18.2 Å². The van der Waals surface area contributed by atoms with Gasteiger partial charge in [0.2, 0.25) is 10.0 Å². The van der Waals surface area contributed by atoms with Gasteiger partial charge in [0.1, 0.15) is 4.90 Å². The standard InChI is InChI=1S/C15H23N3O2S/c16-13-11-12(3-4-14(13)21(17,19)20)18-9-7-15(8-10-18)5-1-2-6-15/h3-4,11H,1-2,5-10,16H2,(H2,17,19,20). The van der Waals surface area contributed by atoms with E-state index in [9.17, 15) is 8.42 Å². The van der Waals surface area contributed by atoms with Crippen LogP contribution in [0.25, 0.3) is 0 Å². The zero-order valence-electron chi connectivity index (χ0n) is 12.2. The highest BCUT2D eigenvalue weighted by molar-refractivity contribution is 7.89. The zero-order chi connectivity index (χ0) is 15.1. The topological polar surface area (TPSA) is 89.4 Å². The Morgan fingerprint density at radius 3 is 2.19 bits per heavy atom. The third-order valence-corrected chi connectivity index (χ3v) is 6.14. The number of sulfonamides is 1. The van der Waals surface area contributed by atoms with Gasteiger partial charge < -0.3 is 10.6 Å². The Hall–Kier alpha value is -1.27. The van der Waals surface area contributed by atoms with Gasteiger partial charge in [-0.05, 0) is 49.3 Å². The molecule has 1 spiro atoms. The van der Waals surface area contributed by atoms with Crippen molar-refractivity contribution in [1.82, 2.24) is 0 Å². The van der Waals surface area contributed by atoms with Crippen LogP contribution in [-0.2, 0) is 10.0 Å². The molecule has 1 saturated heterocycles. The smallest absolute Gasteiger partial charge is 0.240 e.